The van der Waals surface area contributed by atoms with E-state index in [4.69, 9.17) is 11.6 Å². The van der Waals surface area contributed by atoms with Crippen molar-refractivity contribution in [2.75, 3.05) is 0 Å². The summed E-state index contributed by atoms with van der Waals surface area (Å²) < 4.78 is 4.33. The van der Waals surface area contributed by atoms with Crippen LogP contribution in [0, 0.1) is 0 Å². The van der Waals surface area contributed by atoms with Crippen LogP contribution in [0.2, 0.25) is 5.02 Å². The summed E-state index contributed by atoms with van der Waals surface area (Å²) in [7, 11) is 3.09. The highest BCUT2D eigenvalue weighted by Crippen LogP contribution is 2.30. The van der Waals surface area contributed by atoms with Gasteiger partial charge in [0.05, 0.1) is 6.54 Å². The van der Waals surface area contributed by atoms with E-state index in [1.165, 1.54) is 23.4 Å². The number of fused-ring (bicyclic) bond motifs is 1. The minimum Gasteiger partial charge on any atom is -0.308 e. The second-order valence-corrected chi connectivity index (χ2v) is 7.81. The van der Waals surface area contributed by atoms with Gasteiger partial charge in [-0.1, -0.05) is 59.8 Å². The number of benzene rings is 2. The average Bonchev–Trinajstić information content (AvgIpc) is 3.05. The predicted molar refractivity (Wildman–Crippen MR) is 111 cm³/mol. The molecule has 8 heteroatoms. The molecule has 0 fully saturated rings. The van der Waals surface area contributed by atoms with Gasteiger partial charge in [-0.25, -0.2) is 9.78 Å². The fourth-order valence-corrected chi connectivity index (χ4v) is 4.14. The largest absolute Gasteiger partial charge is 0.332 e. The number of hydrogen-bond donors (Lipinski definition) is 0. The van der Waals surface area contributed by atoms with Crippen molar-refractivity contribution in [1.29, 1.82) is 0 Å². The van der Waals surface area contributed by atoms with Crippen molar-refractivity contribution in [3.8, 4) is 0 Å². The summed E-state index contributed by atoms with van der Waals surface area (Å²) in [5.41, 5.74) is 0.824. The Morgan fingerprint density at radius 1 is 0.964 bits per heavy atom. The van der Waals surface area contributed by atoms with Crippen LogP contribution >= 0.6 is 23.4 Å². The van der Waals surface area contributed by atoms with Crippen LogP contribution in [0.25, 0.3) is 11.2 Å². The maximum Gasteiger partial charge on any atom is 0.332 e. The number of aryl methyl sites for hydroxylation is 1. The van der Waals surface area contributed by atoms with E-state index in [0.29, 0.717) is 27.9 Å². The number of aromatic nitrogens is 4. The first kappa shape index (κ1) is 18.6. The standard InChI is InChI=1S/C20H17ClN4O2S/c1-23-17-16(18(26)24(2)20(23)27)25(12-13-8-6-7-11-15(13)21)19(22-17)28-14-9-4-3-5-10-14/h3-11H,12H2,1-2H3. The van der Waals surface area contributed by atoms with Gasteiger partial charge in [-0.3, -0.25) is 13.9 Å². The molecule has 0 spiro atoms. The summed E-state index contributed by atoms with van der Waals surface area (Å²) in [5.74, 6) is 0. The van der Waals surface area contributed by atoms with E-state index in [2.05, 4.69) is 4.98 Å². The zero-order valence-corrected chi connectivity index (χ0v) is 16.9. The first-order valence-corrected chi connectivity index (χ1v) is 9.79. The van der Waals surface area contributed by atoms with E-state index in [-0.39, 0.29) is 5.56 Å². The summed E-state index contributed by atoms with van der Waals surface area (Å²) >= 11 is 7.79. The Kier molecular flexibility index (Phi) is 4.87. The Balaban J connectivity index is 1.98. The molecule has 0 saturated heterocycles. The zero-order chi connectivity index (χ0) is 19.8. The lowest BCUT2D eigenvalue weighted by Crippen LogP contribution is -2.37. The molecule has 0 N–H and O–H groups in total. The van der Waals surface area contributed by atoms with Crippen LogP contribution in [0.1, 0.15) is 5.56 Å². The number of halogens is 1. The maximum atomic E-state index is 12.9. The molecule has 4 aromatic rings. The van der Waals surface area contributed by atoms with Crippen LogP contribution in [0.3, 0.4) is 0 Å². The fourth-order valence-electron chi connectivity index (χ4n) is 3.04. The molecule has 0 saturated carbocycles. The van der Waals surface area contributed by atoms with E-state index in [0.717, 1.165) is 15.0 Å². The monoisotopic (exact) mass is 412 g/mol. The molecular formula is C20H17ClN4O2S. The van der Waals surface area contributed by atoms with Crippen molar-refractivity contribution in [3.05, 3.63) is 86.0 Å². The quantitative estimate of drug-likeness (QED) is 0.516. The van der Waals surface area contributed by atoms with E-state index in [1.807, 2.05) is 59.2 Å². The van der Waals surface area contributed by atoms with E-state index >= 15 is 0 Å². The van der Waals surface area contributed by atoms with Gasteiger partial charge in [-0.05, 0) is 23.8 Å². The lowest BCUT2D eigenvalue weighted by molar-refractivity contribution is 0.696. The molecule has 0 radical (unpaired) electrons. The average molecular weight is 413 g/mol. The third kappa shape index (κ3) is 3.16. The van der Waals surface area contributed by atoms with Crippen molar-refractivity contribution < 1.29 is 0 Å². The third-order valence-electron chi connectivity index (χ3n) is 4.55. The summed E-state index contributed by atoms with van der Waals surface area (Å²) in [6.45, 7) is 0.374. The molecule has 28 heavy (non-hydrogen) atoms. The molecule has 0 amide bonds. The van der Waals surface area contributed by atoms with Crippen LogP contribution in [0.5, 0.6) is 0 Å². The molecule has 6 nitrogen and oxygen atoms in total. The molecule has 0 aliphatic heterocycles. The number of rotatable bonds is 4. The molecule has 0 atom stereocenters. The Morgan fingerprint density at radius 3 is 2.36 bits per heavy atom. The summed E-state index contributed by atoms with van der Waals surface area (Å²) in [5, 5.41) is 1.24. The molecule has 2 aromatic heterocycles. The van der Waals surface area contributed by atoms with Crippen LogP contribution in [0.4, 0.5) is 0 Å². The molecule has 0 bridgehead atoms. The SMILES string of the molecule is Cn1c(=O)c2c(nc(Sc3ccccc3)n2Cc2ccccc2Cl)n(C)c1=O. The highest BCUT2D eigenvalue weighted by atomic mass is 35.5. The van der Waals surface area contributed by atoms with Crippen LogP contribution in [0.15, 0.2) is 74.2 Å². The summed E-state index contributed by atoms with van der Waals surface area (Å²) in [6.07, 6.45) is 0. The highest BCUT2D eigenvalue weighted by molar-refractivity contribution is 7.99. The Bertz CT molecular complexity index is 1290. The Hall–Kier alpha value is -2.77. The molecule has 0 aliphatic carbocycles. The second kappa shape index (κ2) is 7.33. The van der Waals surface area contributed by atoms with Crippen molar-refractivity contribution in [2.24, 2.45) is 14.1 Å². The molecule has 0 unspecified atom stereocenters. The first-order chi connectivity index (χ1) is 13.5. The molecule has 2 aromatic carbocycles. The molecule has 142 valence electrons. The van der Waals surface area contributed by atoms with Crippen LogP contribution < -0.4 is 11.2 Å². The normalized spacial score (nSPS) is 11.2. The molecule has 2 heterocycles. The number of imidazole rings is 1. The minimum absolute atomic E-state index is 0.360. The van der Waals surface area contributed by atoms with Gasteiger partial charge >= 0.3 is 5.69 Å². The van der Waals surface area contributed by atoms with Gasteiger partial charge in [0.15, 0.2) is 16.3 Å². The molecular weight excluding hydrogens is 396 g/mol. The topological polar surface area (TPSA) is 61.8 Å². The van der Waals surface area contributed by atoms with Crippen molar-refractivity contribution in [2.45, 2.75) is 16.6 Å². The first-order valence-electron chi connectivity index (χ1n) is 8.60. The van der Waals surface area contributed by atoms with Crippen molar-refractivity contribution in [3.63, 3.8) is 0 Å². The lowest BCUT2D eigenvalue weighted by Gasteiger charge is -2.10. The number of nitrogens with zero attached hydrogens (tertiary/aromatic N) is 4. The fraction of sp³-hybridized carbons (Fsp3) is 0.150. The van der Waals surface area contributed by atoms with Crippen LogP contribution in [-0.4, -0.2) is 18.7 Å². The van der Waals surface area contributed by atoms with Crippen LogP contribution in [-0.2, 0) is 20.6 Å². The van der Waals surface area contributed by atoms with Gasteiger partial charge in [0.25, 0.3) is 5.56 Å². The van der Waals surface area contributed by atoms with Gasteiger partial charge in [0.1, 0.15) is 0 Å². The lowest BCUT2D eigenvalue weighted by atomic mass is 10.2. The second-order valence-electron chi connectivity index (χ2n) is 6.37. The Labute approximate surface area is 170 Å². The van der Waals surface area contributed by atoms with Gasteiger partial charge < -0.3 is 4.57 Å². The molecule has 0 aliphatic rings. The summed E-state index contributed by atoms with van der Waals surface area (Å²) in [4.78, 5) is 30.9. The molecule has 4 rings (SSSR count). The van der Waals surface area contributed by atoms with E-state index < -0.39 is 5.69 Å². The van der Waals surface area contributed by atoms with E-state index in [1.54, 1.807) is 7.05 Å². The minimum atomic E-state index is -0.406. The number of hydrogen-bond acceptors (Lipinski definition) is 4. The highest BCUT2D eigenvalue weighted by Gasteiger charge is 2.20. The summed E-state index contributed by atoms with van der Waals surface area (Å²) in [6, 6.07) is 17.3. The zero-order valence-electron chi connectivity index (χ0n) is 15.3. The van der Waals surface area contributed by atoms with Gasteiger partial charge in [-0.2, -0.15) is 0 Å². The van der Waals surface area contributed by atoms with Crippen molar-refractivity contribution in [1.82, 2.24) is 18.7 Å². The Morgan fingerprint density at radius 2 is 1.64 bits per heavy atom. The van der Waals surface area contributed by atoms with E-state index in [9.17, 15) is 9.59 Å². The van der Waals surface area contributed by atoms with Gasteiger partial charge in [0, 0.05) is 24.0 Å². The van der Waals surface area contributed by atoms with Gasteiger partial charge in [-0.15, -0.1) is 0 Å². The predicted octanol–water partition coefficient (Wildman–Crippen LogP) is 3.29. The smallest absolute Gasteiger partial charge is 0.308 e. The third-order valence-corrected chi connectivity index (χ3v) is 5.92. The maximum absolute atomic E-state index is 12.9. The van der Waals surface area contributed by atoms with Gasteiger partial charge in [0.2, 0.25) is 0 Å². The van der Waals surface area contributed by atoms with Crippen molar-refractivity contribution >= 4 is 34.5 Å².